The number of carbonyl (C=O) groups is 2. The van der Waals surface area contributed by atoms with E-state index in [0.29, 0.717) is 23.0 Å². The molecule has 6 nitrogen and oxygen atoms in total. The minimum absolute atomic E-state index is 0.0754. The molecule has 0 bridgehead atoms. The molecule has 1 atom stereocenters. The molecule has 1 aliphatic heterocycles. The lowest BCUT2D eigenvalue weighted by molar-refractivity contribution is -0.138. The van der Waals surface area contributed by atoms with Crippen LogP contribution in [0.4, 0.5) is 0 Å². The van der Waals surface area contributed by atoms with Gasteiger partial charge in [-0.25, -0.2) is 0 Å². The van der Waals surface area contributed by atoms with Gasteiger partial charge in [0.05, 0.1) is 12.5 Å². The first-order chi connectivity index (χ1) is 11.5. The van der Waals surface area contributed by atoms with Crippen LogP contribution >= 0.6 is 23.4 Å². The summed E-state index contributed by atoms with van der Waals surface area (Å²) in [4.78, 5) is 25.2. The van der Waals surface area contributed by atoms with Gasteiger partial charge >= 0.3 is 5.97 Å². The topological polar surface area (TPSA) is 83.6 Å². The van der Waals surface area contributed by atoms with E-state index in [2.05, 4.69) is 5.16 Å². The number of carbonyl (C=O) groups excluding carboxylic acids is 1. The van der Waals surface area contributed by atoms with Gasteiger partial charge in [-0.1, -0.05) is 28.9 Å². The molecule has 1 aromatic carbocycles. The minimum Gasteiger partial charge on any atom is -0.481 e. The average molecular weight is 367 g/mol. The first-order valence-corrected chi connectivity index (χ1v) is 8.91. The molecule has 1 N–H and O–H groups in total. The highest BCUT2D eigenvalue weighted by atomic mass is 35.5. The van der Waals surface area contributed by atoms with Gasteiger partial charge in [0.2, 0.25) is 5.76 Å². The summed E-state index contributed by atoms with van der Waals surface area (Å²) in [6, 6.07) is 8.32. The van der Waals surface area contributed by atoms with Crippen LogP contribution in [-0.4, -0.2) is 51.1 Å². The number of benzene rings is 1. The molecule has 1 fully saturated rings. The van der Waals surface area contributed by atoms with E-state index in [4.69, 9.17) is 21.2 Å². The summed E-state index contributed by atoms with van der Waals surface area (Å²) in [6.45, 7) is 0.495. The molecular weight excluding hydrogens is 352 g/mol. The fourth-order valence-electron chi connectivity index (χ4n) is 2.59. The van der Waals surface area contributed by atoms with Gasteiger partial charge in [-0.15, -0.1) is 0 Å². The van der Waals surface area contributed by atoms with Crippen LogP contribution in [-0.2, 0) is 4.79 Å². The molecule has 1 saturated heterocycles. The maximum Gasteiger partial charge on any atom is 0.305 e. The van der Waals surface area contributed by atoms with Crippen molar-refractivity contribution in [3.63, 3.8) is 0 Å². The van der Waals surface area contributed by atoms with Crippen molar-refractivity contribution < 1.29 is 19.2 Å². The first-order valence-electron chi connectivity index (χ1n) is 7.38. The first kappa shape index (κ1) is 16.9. The number of aliphatic carboxylic acids is 1. The molecule has 8 heteroatoms. The predicted molar refractivity (Wildman–Crippen MR) is 91.4 cm³/mol. The Morgan fingerprint density at radius 2 is 2.25 bits per heavy atom. The summed E-state index contributed by atoms with van der Waals surface area (Å²) in [5, 5.41) is 13.5. The number of hydrogen-bond acceptors (Lipinski definition) is 5. The molecule has 24 heavy (non-hydrogen) atoms. The third-order valence-electron chi connectivity index (χ3n) is 3.74. The van der Waals surface area contributed by atoms with Gasteiger partial charge in [0.25, 0.3) is 5.91 Å². The van der Waals surface area contributed by atoms with E-state index in [1.54, 1.807) is 40.9 Å². The SMILES string of the molecule is O=C(O)CC1CSCCN1C(=O)c1cc(-c2cccc(Cl)c2)no1. The van der Waals surface area contributed by atoms with Crippen LogP contribution < -0.4 is 0 Å². The van der Waals surface area contributed by atoms with Crippen molar-refractivity contribution in [3.05, 3.63) is 41.1 Å². The Morgan fingerprint density at radius 1 is 1.42 bits per heavy atom. The summed E-state index contributed by atoms with van der Waals surface area (Å²) >= 11 is 7.61. The van der Waals surface area contributed by atoms with E-state index in [-0.39, 0.29) is 24.1 Å². The number of hydrogen-bond donors (Lipinski definition) is 1. The third kappa shape index (κ3) is 3.73. The molecule has 3 rings (SSSR count). The molecule has 0 radical (unpaired) electrons. The van der Waals surface area contributed by atoms with Gasteiger partial charge in [-0.05, 0) is 12.1 Å². The standard InChI is InChI=1S/C16H15ClN2O4S/c17-11-3-1-2-10(6-11)13-8-14(23-18-13)16(22)19-4-5-24-9-12(19)7-15(20)21/h1-3,6,8,12H,4-5,7,9H2,(H,20,21). The average Bonchev–Trinajstić information content (AvgIpc) is 3.04. The lowest BCUT2D eigenvalue weighted by atomic mass is 10.1. The molecule has 0 saturated carbocycles. The number of carboxylic acid groups (broad SMARTS) is 1. The molecule has 1 amide bonds. The highest BCUT2D eigenvalue weighted by Crippen LogP contribution is 2.25. The van der Waals surface area contributed by atoms with Gasteiger partial charge in [0.15, 0.2) is 0 Å². The molecule has 2 aromatic rings. The van der Waals surface area contributed by atoms with Crippen molar-refractivity contribution in [3.8, 4) is 11.3 Å². The van der Waals surface area contributed by atoms with Crippen molar-refractivity contribution in [1.82, 2.24) is 10.1 Å². The zero-order chi connectivity index (χ0) is 17.1. The molecular formula is C16H15ClN2O4S. The summed E-state index contributed by atoms with van der Waals surface area (Å²) in [5.41, 5.74) is 1.27. The lowest BCUT2D eigenvalue weighted by Crippen LogP contribution is -2.47. The number of halogens is 1. The number of amides is 1. The van der Waals surface area contributed by atoms with Crippen molar-refractivity contribution in [2.45, 2.75) is 12.5 Å². The second-order valence-electron chi connectivity index (χ2n) is 5.41. The second kappa shape index (κ2) is 7.27. The fraction of sp³-hybridized carbons (Fsp3) is 0.312. The smallest absolute Gasteiger partial charge is 0.305 e. The molecule has 0 aliphatic carbocycles. The third-order valence-corrected chi connectivity index (χ3v) is 5.07. The summed E-state index contributed by atoms with van der Waals surface area (Å²) in [5.74, 6) is 0.233. The largest absolute Gasteiger partial charge is 0.481 e. The van der Waals surface area contributed by atoms with Crippen molar-refractivity contribution in [2.24, 2.45) is 0 Å². The van der Waals surface area contributed by atoms with Crippen molar-refractivity contribution >= 4 is 35.2 Å². The highest BCUT2D eigenvalue weighted by Gasteiger charge is 2.31. The Labute approximate surface area is 147 Å². The van der Waals surface area contributed by atoms with E-state index < -0.39 is 5.97 Å². The molecule has 2 heterocycles. The Kier molecular flexibility index (Phi) is 5.11. The van der Waals surface area contributed by atoms with Gasteiger partial charge in [-0.3, -0.25) is 9.59 Å². The van der Waals surface area contributed by atoms with Crippen LogP contribution in [0.15, 0.2) is 34.9 Å². The van der Waals surface area contributed by atoms with Crippen LogP contribution in [0.1, 0.15) is 17.0 Å². The summed E-state index contributed by atoms with van der Waals surface area (Å²) in [7, 11) is 0. The van der Waals surface area contributed by atoms with Crippen LogP contribution in [0.25, 0.3) is 11.3 Å². The number of rotatable bonds is 4. The van der Waals surface area contributed by atoms with E-state index in [1.807, 2.05) is 6.07 Å². The van der Waals surface area contributed by atoms with Crippen LogP contribution in [0.2, 0.25) is 5.02 Å². The molecule has 0 spiro atoms. The van der Waals surface area contributed by atoms with Crippen LogP contribution in [0, 0.1) is 0 Å². The minimum atomic E-state index is -0.919. The Morgan fingerprint density at radius 3 is 3.00 bits per heavy atom. The number of nitrogens with zero attached hydrogens (tertiary/aromatic N) is 2. The van der Waals surface area contributed by atoms with Crippen molar-refractivity contribution in [1.29, 1.82) is 0 Å². The molecule has 1 aliphatic rings. The quantitative estimate of drug-likeness (QED) is 0.895. The number of thioether (sulfide) groups is 1. The zero-order valence-electron chi connectivity index (χ0n) is 12.6. The normalized spacial score (nSPS) is 17.7. The molecule has 1 unspecified atom stereocenters. The van der Waals surface area contributed by atoms with E-state index in [0.717, 1.165) is 11.3 Å². The lowest BCUT2D eigenvalue weighted by Gasteiger charge is -2.33. The predicted octanol–water partition coefficient (Wildman–Crippen LogP) is 3.03. The van der Waals surface area contributed by atoms with Crippen LogP contribution in [0.5, 0.6) is 0 Å². The Bertz CT molecular complexity index is 764. The van der Waals surface area contributed by atoms with E-state index >= 15 is 0 Å². The van der Waals surface area contributed by atoms with Gasteiger partial charge in [0, 0.05) is 34.7 Å². The van der Waals surface area contributed by atoms with Crippen LogP contribution in [0.3, 0.4) is 0 Å². The highest BCUT2D eigenvalue weighted by molar-refractivity contribution is 7.99. The van der Waals surface area contributed by atoms with Crippen molar-refractivity contribution in [2.75, 3.05) is 18.1 Å². The Hall–Kier alpha value is -1.99. The zero-order valence-corrected chi connectivity index (χ0v) is 14.2. The number of aromatic nitrogens is 1. The van der Waals surface area contributed by atoms with E-state index in [9.17, 15) is 9.59 Å². The second-order valence-corrected chi connectivity index (χ2v) is 7.00. The molecule has 1 aromatic heterocycles. The summed E-state index contributed by atoms with van der Waals surface area (Å²) in [6.07, 6.45) is -0.0754. The monoisotopic (exact) mass is 366 g/mol. The van der Waals surface area contributed by atoms with Gasteiger partial charge in [-0.2, -0.15) is 11.8 Å². The van der Waals surface area contributed by atoms with E-state index in [1.165, 1.54) is 0 Å². The maximum absolute atomic E-state index is 12.7. The van der Waals surface area contributed by atoms with Gasteiger partial charge < -0.3 is 14.5 Å². The Balaban J connectivity index is 1.80. The van der Waals surface area contributed by atoms with Gasteiger partial charge in [0.1, 0.15) is 5.69 Å². The number of carboxylic acids is 1. The molecule has 126 valence electrons. The maximum atomic E-state index is 12.7. The fourth-order valence-corrected chi connectivity index (χ4v) is 3.85. The summed E-state index contributed by atoms with van der Waals surface area (Å²) < 4.78 is 5.19.